The standard InChI is InChI=1S/C18H14ClNO3/c1-10-4-2-3-5-12(10)18(23)17-14(9-16(21)22)13-7-6-11(19)8-15(13)20-17/h2-8,20H,9H2,1H3,(H,21,22). The molecule has 1 heterocycles. The Morgan fingerprint density at radius 3 is 2.61 bits per heavy atom. The molecular formula is C18H14ClNO3. The Bertz CT molecular complexity index is 927. The summed E-state index contributed by atoms with van der Waals surface area (Å²) in [5.41, 5.74) is 2.84. The Hall–Kier alpha value is -2.59. The van der Waals surface area contributed by atoms with Gasteiger partial charge in [0.1, 0.15) is 0 Å². The monoisotopic (exact) mass is 327 g/mol. The first-order valence-electron chi connectivity index (χ1n) is 7.09. The van der Waals surface area contributed by atoms with Crippen LogP contribution in [0.1, 0.15) is 27.2 Å². The van der Waals surface area contributed by atoms with Gasteiger partial charge in [0.2, 0.25) is 5.78 Å². The van der Waals surface area contributed by atoms with E-state index in [-0.39, 0.29) is 12.2 Å². The average molecular weight is 328 g/mol. The van der Waals surface area contributed by atoms with Crippen LogP contribution < -0.4 is 0 Å². The summed E-state index contributed by atoms with van der Waals surface area (Å²) in [4.78, 5) is 27.1. The minimum absolute atomic E-state index is 0.216. The molecule has 0 bridgehead atoms. The van der Waals surface area contributed by atoms with Gasteiger partial charge in [0.15, 0.2) is 0 Å². The lowest BCUT2D eigenvalue weighted by Gasteiger charge is -2.05. The lowest BCUT2D eigenvalue weighted by Crippen LogP contribution is -2.09. The SMILES string of the molecule is Cc1ccccc1C(=O)c1[nH]c2cc(Cl)ccc2c1CC(=O)O. The molecule has 0 aliphatic carbocycles. The zero-order valence-electron chi connectivity index (χ0n) is 12.4. The van der Waals surface area contributed by atoms with E-state index in [9.17, 15) is 14.7 Å². The van der Waals surface area contributed by atoms with Crippen molar-refractivity contribution >= 4 is 34.3 Å². The highest BCUT2D eigenvalue weighted by Gasteiger charge is 2.21. The number of rotatable bonds is 4. The van der Waals surface area contributed by atoms with Crippen LogP contribution in [-0.4, -0.2) is 21.8 Å². The van der Waals surface area contributed by atoms with Gasteiger partial charge in [-0.15, -0.1) is 0 Å². The molecule has 2 aromatic carbocycles. The maximum absolute atomic E-state index is 12.9. The number of aromatic nitrogens is 1. The zero-order chi connectivity index (χ0) is 16.6. The van der Waals surface area contributed by atoms with Gasteiger partial charge in [0.05, 0.1) is 12.1 Å². The summed E-state index contributed by atoms with van der Waals surface area (Å²) >= 11 is 5.99. The van der Waals surface area contributed by atoms with E-state index >= 15 is 0 Å². The number of carboxylic acid groups (broad SMARTS) is 1. The van der Waals surface area contributed by atoms with Gasteiger partial charge in [-0.3, -0.25) is 9.59 Å². The van der Waals surface area contributed by atoms with Gasteiger partial charge in [-0.05, 0) is 24.6 Å². The van der Waals surface area contributed by atoms with Crippen LogP contribution in [0.25, 0.3) is 10.9 Å². The van der Waals surface area contributed by atoms with E-state index < -0.39 is 5.97 Å². The second kappa shape index (κ2) is 5.89. The first-order chi connectivity index (χ1) is 11.0. The summed E-state index contributed by atoms with van der Waals surface area (Å²) in [5, 5.41) is 10.4. The lowest BCUT2D eigenvalue weighted by molar-refractivity contribution is -0.136. The summed E-state index contributed by atoms with van der Waals surface area (Å²) in [6, 6.07) is 12.3. The van der Waals surface area contributed by atoms with E-state index in [1.807, 2.05) is 19.1 Å². The molecule has 0 unspecified atom stereocenters. The molecule has 3 aromatic rings. The van der Waals surface area contributed by atoms with Crippen molar-refractivity contribution in [3.8, 4) is 0 Å². The van der Waals surface area contributed by atoms with Crippen molar-refractivity contribution in [2.24, 2.45) is 0 Å². The Labute approximate surface area is 137 Å². The largest absolute Gasteiger partial charge is 0.481 e. The summed E-state index contributed by atoms with van der Waals surface area (Å²) in [6.45, 7) is 1.85. The van der Waals surface area contributed by atoms with Crippen LogP contribution in [0.4, 0.5) is 0 Å². The van der Waals surface area contributed by atoms with Gasteiger partial charge in [0, 0.05) is 27.1 Å². The number of benzene rings is 2. The van der Waals surface area contributed by atoms with Crippen LogP contribution >= 0.6 is 11.6 Å². The number of ketones is 1. The minimum atomic E-state index is -0.986. The highest BCUT2D eigenvalue weighted by atomic mass is 35.5. The number of H-pyrrole nitrogens is 1. The number of aryl methyl sites for hydroxylation is 1. The molecule has 116 valence electrons. The second-order valence-electron chi connectivity index (χ2n) is 5.38. The maximum Gasteiger partial charge on any atom is 0.307 e. The third-order valence-corrected chi connectivity index (χ3v) is 4.05. The fourth-order valence-corrected chi connectivity index (χ4v) is 2.89. The topological polar surface area (TPSA) is 70.2 Å². The molecule has 0 aliphatic heterocycles. The molecule has 1 aromatic heterocycles. The van der Waals surface area contributed by atoms with E-state index in [1.165, 1.54) is 0 Å². The maximum atomic E-state index is 12.9. The molecule has 4 nitrogen and oxygen atoms in total. The van der Waals surface area contributed by atoms with Crippen LogP contribution in [0, 0.1) is 6.92 Å². The Kier molecular flexibility index (Phi) is 3.92. The zero-order valence-corrected chi connectivity index (χ0v) is 13.1. The van der Waals surface area contributed by atoms with E-state index in [1.54, 1.807) is 30.3 Å². The number of hydrogen-bond donors (Lipinski definition) is 2. The molecule has 0 amide bonds. The lowest BCUT2D eigenvalue weighted by atomic mass is 9.98. The number of carbonyl (C=O) groups is 2. The van der Waals surface area contributed by atoms with Gasteiger partial charge >= 0.3 is 5.97 Å². The van der Waals surface area contributed by atoms with Crippen LogP contribution in [0.15, 0.2) is 42.5 Å². The second-order valence-corrected chi connectivity index (χ2v) is 5.82. The van der Waals surface area contributed by atoms with Gasteiger partial charge in [0.25, 0.3) is 0 Å². The van der Waals surface area contributed by atoms with Crippen LogP contribution in [0.3, 0.4) is 0 Å². The third-order valence-electron chi connectivity index (χ3n) is 3.81. The average Bonchev–Trinajstić information content (AvgIpc) is 2.84. The predicted molar refractivity (Wildman–Crippen MR) is 89.3 cm³/mol. The van der Waals surface area contributed by atoms with Crippen molar-refractivity contribution < 1.29 is 14.7 Å². The Balaban J connectivity index is 2.21. The number of aliphatic carboxylic acids is 1. The summed E-state index contributed by atoms with van der Waals surface area (Å²) in [5.74, 6) is -1.20. The normalized spacial score (nSPS) is 10.9. The van der Waals surface area contributed by atoms with E-state index in [0.29, 0.717) is 32.7 Å². The first-order valence-corrected chi connectivity index (χ1v) is 7.47. The van der Waals surface area contributed by atoms with Crippen molar-refractivity contribution in [2.45, 2.75) is 13.3 Å². The number of fused-ring (bicyclic) bond motifs is 1. The summed E-state index contributed by atoms with van der Waals surface area (Å²) in [6.07, 6.45) is -0.228. The molecule has 0 fully saturated rings. The Morgan fingerprint density at radius 2 is 1.91 bits per heavy atom. The first kappa shape index (κ1) is 15.3. The van der Waals surface area contributed by atoms with Crippen LogP contribution in [0.2, 0.25) is 5.02 Å². The minimum Gasteiger partial charge on any atom is -0.481 e. The molecule has 5 heteroatoms. The molecule has 3 rings (SSSR count). The molecule has 0 atom stereocenters. The van der Waals surface area contributed by atoms with E-state index in [0.717, 1.165) is 5.56 Å². The van der Waals surface area contributed by atoms with Crippen LogP contribution in [0.5, 0.6) is 0 Å². The third kappa shape index (κ3) is 2.85. The number of nitrogens with one attached hydrogen (secondary N) is 1. The van der Waals surface area contributed by atoms with Crippen molar-refractivity contribution in [1.82, 2.24) is 4.98 Å². The van der Waals surface area contributed by atoms with Gasteiger partial charge in [-0.1, -0.05) is 41.9 Å². The number of carbonyl (C=O) groups excluding carboxylic acids is 1. The molecule has 0 saturated heterocycles. The van der Waals surface area contributed by atoms with Gasteiger partial charge < -0.3 is 10.1 Å². The fraction of sp³-hybridized carbons (Fsp3) is 0.111. The molecule has 0 aliphatic rings. The van der Waals surface area contributed by atoms with Crippen molar-refractivity contribution in [3.63, 3.8) is 0 Å². The smallest absolute Gasteiger partial charge is 0.307 e. The number of halogens is 1. The highest BCUT2D eigenvalue weighted by molar-refractivity contribution is 6.31. The molecular weight excluding hydrogens is 314 g/mol. The van der Waals surface area contributed by atoms with Gasteiger partial charge in [-0.2, -0.15) is 0 Å². The summed E-state index contributed by atoms with van der Waals surface area (Å²) < 4.78 is 0. The van der Waals surface area contributed by atoms with E-state index in [2.05, 4.69) is 4.98 Å². The molecule has 2 N–H and O–H groups in total. The van der Waals surface area contributed by atoms with Crippen molar-refractivity contribution in [1.29, 1.82) is 0 Å². The quantitative estimate of drug-likeness (QED) is 0.712. The molecule has 0 spiro atoms. The fourth-order valence-electron chi connectivity index (χ4n) is 2.72. The Morgan fingerprint density at radius 1 is 1.17 bits per heavy atom. The molecule has 0 saturated carbocycles. The molecule has 0 radical (unpaired) electrons. The summed E-state index contributed by atoms with van der Waals surface area (Å²) in [7, 11) is 0. The van der Waals surface area contributed by atoms with E-state index in [4.69, 9.17) is 11.6 Å². The number of carboxylic acids is 1. The van der Waals surface area contributed by atoms with Crippen molar-refractivity contribution in [3.05, 3.63) is 69.9 Å². The van der Waals surface area contributed by atoms with Crippen molar-refractivity contribution in [2.75, 3.05) is 0 Å². The number of aromatic amines is 1. The van der Waals surface area contributed by atoms with Gasteiger partial charge in [-0.25, -0.2) is 0 Å². The number of hydrogen-bond acceptors (Lipinski definition) is 2. The molecule has 23 heavy (non-hydrogen) atoms. The van der Waals surface area contributed by atoms with Crippen LogP contribution in [-0.2, 0) is 11.2 Å². The highest BCUT2D eigenvalue weighted by Crippen LogP contribution is 2.28. The predicted octanol–water partition coefficient (Wildman–Crippen LogP) is 3.99.